The summed E-state index contributed by atoms with van der Waals surface area (Å²) in [5, 5.41) is 4.23. The van der Waals surface area contributed by atoms with Gasteiger partial charge in [-0.3, -0.25) is 4.79 Å². The van der Waals surface area contributed by atoms with Crippen LogP contribution in [-0.2, 0) is 18.3 Å². The summed E-state index contributed by atoms with van der Waals surface area (Å²) < 4.78 is 6.36. The van der Waals surface area contributed by atoms with Crippen LogP contribution < -0.4 is 10.5 Å². The number of methoxy groups -OCH3 is 1. The summed E-state index contributed by atoms with van der Waals surface area (Å²) in [5.41, 5.74) is 1.45. The smallest absolute Gasteiger partial charge is 0.287 e. The molecule has 0 amide bonds. The maximum absolute atomic E-state index is 11.9. The molecule has 0 fully saturated rings. The van der Waals surface area contributed by atoms with Crippen molar-refractivity contribution in [1.82, 2.24) is 9.78 Å². The fraction of sp³-hybridized carbons (Fsp3) is 0.333. The van der Waals surface area contributed by atoms with Gasteiger partial charge in [-0.1, -0.05) is 41.9 Å². The highest BCUT2D eigenvalue weighted by Crippen LogP contribution is 2.22. The first-order chi connectivity index (χ1) is 10.1. The largest absolute Gasteiger partial charge is 0.383 e. The molecule has 1 aromatic carbocycles. The van der Waals surface area contributed by atoms with Crippen LogP contribution in [0.4, 0.5) is 5.69 Å². The molecule has 2 rings (SSSR count). The first kappa shape index (κ1) is 15.5. The van der Waals surface area contributed by atoms with Gasteiger partial charge >= 0.3 is 0 Å². The Morgan fingerprint density at radius 3 is 2.71 bits per heavy atom. The van der Waals surface area contributed by atoms with Crippen molar-refractivity contribution in [2.45, 2.75) is 6.54 Å². The molecule has 0 spiro atoms. The van der Waals surface area contributed by atoms with Crippen molar-refractivity contribution in [3.8, 4) is 0 Å². The predicted octanol–water partition coefficient (Wildman–Crippen LogP) is 2.09. The lowest BCUT2D eigenvalue weighted by molar-refractivity contribution is 0.205. The lowest BCUT2D eigenvalue weighted by Gasteiger charge is -2.25. The highest BCUT2D eigenvalue weighted by Gasteiger charge is 2.15. The van der Waals surface area contributed by atoms with Crippen LogP contribution in [0.2, 0.25) is 5.02 Å². The molecule has 0 saturated carbocycles. The Hall–Kier alpha value is -1.85. The minimum atomic E-state index is -0.301. The molecule has 5 nitrogen and oxygen atoms in total. The van der Waals surface area contributed by atoms with Gasteiger partial charge in [-0.25, -0.2) is 4.68 Å². The highest BCUT2D eigenvalue weighted by molar-refractivity contribution is 6.33. The van der Waals surface area contributed by atoms with Crippen LogP contribution in [0.1, 0.15) is 5.56 Å². The number of aryl methyl sites for hydroxylation is 1. The van der Waals surface area contributed by atoms with E-state index in [0.717, 1.165) is 5.56 Å². The lowest BCUT2D eigenvalue weighted by Crippen LogP contribution is -2.30. The summed E-state index contributed by atoms with van der Waals surface area (Å²) in [4.78, 5) is 13.9. The first-order valence-corrected chi connectivity index (χ1v) is 7.01. The average Bonchev–Trinajstić information content (AvgIpc) is 2.51. The molecule has 112 valence electrons. The van der Waals surface area contributed by atoms with E-state index >= 15 is 0 Å². The molecule has 1 aromatic heterocycles. The second-order valence-electron chi connectivity index (χ2n) is 4.67. The van der Waals surface area contributed by atoms with Crippen LogP contribution in [-0.4, -0.2) is 30.0 Å². The molecule has 1 heterocycles. The van der Waals surface area contributed by atoms with E-state index in [9.17, 15) is 4.79 Å². The third-order valence-corrected chi connectivity index (χ3v) is 3.54. The number of nitrogens with zero attached hydrogens (tertiary/aromatic N) is 3. The molecule has 2 aromatic rings. The van der Waals surface area contributed by atoms with Gasteiger partial charge in [-0.05, 0) is 5.56 Å². The zero-order valence-electron chi connectivity index (χ0n) is 12.1. The Morgan fingerprint density at radius 2 is 2.05 bits per heavy atom. The summed E-state index contributed by atoms with van der Waals surface area (Å²) in [7, 11) is 3.22. The van der Waals surface area contributed by atoms with Crippen molar-refractivity contribution in [3.63, 3.8) is 0 Å². The molecule has 21 heavy (non-hydrogen) atoms. The van der Waals surface area contributed by atoms with E-state index in [4.69, 9.17) is 16.3 Å². The number of aromatic nitrogens is 2. The van der Waals surface area contributed by atoms with Crippen molar-refractivity contribution >= 4 is 17.3 Å². The first-order valence-electron chi connectivity index (χ1n) is 6.63. The van der Waals surface area contributed by atoms with E-state index in [1.807, 2.05) is 35.2 Å². The number of rotatable bonds is 6. The third kappa shape index (κ3) is 3.83. The predicted molar refractivity (Wildman–Crippen MR) is 83.9 cm³/mol. The van der Waals surface area contributed by atoms with Crippen LogP contribution >= 0.6 is 11.6 Å². The number of ether oxygens (including phenoxy) is 1. The summed E-state index contributed by atoms with van der Waals surface area (Å²) in [6, 6.07) is 9.99. The van der Waals surface area contributed by atoms with Crippen molar-refractivity contribution in [2.24, 2.45) is 7.05 Å². The Bertz CT molecular complexity index is 643. The fourth-order valence-corrected chi connectivity index (χ4v) is 2.30. The zero-order chi connectivity index (χ0) is 15.2. The van der Waals surface area contributed by atoms with Gasteiger partial charge in [0.2, 0.25) is 0 Å². The van der Waals surface area contributed by atoms with E-state index in [2.05, 4.69) is 5.10 Å². The number of halogens is 1. The number of anilines is 1. The molecule has 0 aliphatic rings. The van der Waals surface area contributed by atoms with Gasteiger partial charge in [-0.2, -0.15) is 5.10 Å². The highest BCUT2D eigenvalue weighted by atomic mass is 35.5. The van der Waals surface area contributed by atoms with Crippen molar-refractivity contribution in [3.05, 3.63) is 57.5 Å². The van der Waals surface area contributed by atoms with E-state index in [0.29, 0.717) is 25.4 Å². The molecule has 0 bridgehead atoms. The molecular formula is C15H18ClN3O2. The van der Waals surface area contributed by atoms with Gasteiger partial charge in [0.1, 0.15) is 5.02 Å². The Kier molecular flexibility index (Phi) is 5.36. The Morgan fingerprint density at radius 1 is 1.33 bits per heavy atom. The number of hydrogen-bond donors (Lipinski definition) is 0. The average molecular weight is 308 g/mol. The number of hydrogen-bond acceptors (Lipinski definition) is 4. The van der Waals surface area contributed by atoms with Crippen LogP contribution in [0, 0.1) is 0 Å². The molecule has 0 unspecified atom stereocenters. The van der Waals surface area contributed by atoms with Crippen LogP contribution in [0.15, 0.2) is 41.3 Å². The van der Waals surface area contributed by atoms with Crippen LogP contribution in [0.5, 0.6) is 0 Å². The Balaban J connectivity index is 2.32. The SMILES string of the molecule is COCCN(Cc1ccccc1)c1cnn(C)c(=O)c1Cl. The molecule has 0 aliphatic heterocycles. The van der Waals surface area contributed by atoms with Gasteiger partial charge in [0.25, 0.3) is 5.56 Å². The Labute approximate surface area is 128 Å². The monoisotopic (exact) mass is 307 g/mol. The summed E-state index contributed by atoms with van der Waals surface area (Å²) in [6.07, 6.45) is 1.61. The maximum atomic E-state index is 11.9. The zero-order valence-corrected chi connectivity index (χ0v) is 12.9. The van der Waals surface area contributed by atoms with E-state index in [1.165, 1.54) is 4.68 Å². The normalized spacial score (nSPS) is 10.6. The van der Waals surface area contributed by atoms with Crippen molar-refractivity contribution in [1.29, 1.82) is 0 Å². The number of benzene rings is 1. The molecule has 0 aliphatic carbocycles. The maximum Gasteiger partial charge on any atom is 0.287 e. The molecule has 0 saturated heterocycles. The third-order valence-electron chi connectivity index (χ3n) is 3.18. The topological polar surface area (TPSA) is 47.4 Å². The lowest BCUT2D eigenvalue weighted by atomic mass is 10.2. The van der Waals surface area contributed by atoms with Gasteiger partial charge in [0, 0.05) is 27.2 Å². The van der Waals surface area contributed by atoms with E-state index in [1.54, 1.807) is 20.4 Å². The minimum absolute atomic E-state index is 0.180. The quantitative estimate of drug-likeness (QED) is 0.820. The molecule has 0 radical (unpaired) electrons. The molecular weight excluding hydrogens is 290 g/mol. The van der Waals surface area contributed by atoms with Gasteiger partial charge in [0.05, 0.1) is 18.5 Å². The minimum Gasteiger partial charge on any atom is -0.383 e. The van der Waals surface area contributed by atoms with E-state index < -0.39 is 0 Å². The summed E-state index contributed by atoms with van der Waals surface area (Å²) in [6.45, 7) is 1.80. The summed E-state index contributed by atoms with van der Waals surface area (Å²) in [5.74, 6) is 0. The van der Waals surface area contributed by atoms with Gasteiger partial charge in [0.15, 0.2) is 0 Å². The van der Waals surface area contributed by atoms with Crippen molar-refractivity contribution in [2.75, 3.05) is 25.2 Å². The molecule has 0 atom stereocenters. The second-order valence-corrected chi connectivity index (χ2v) is 5.05. The van der Waals surface area contributed by atoms with Crippen LogP contribution in [0.3, 0.4) is 0 Å². The molecule has 0 N–H and O–H groups in total. The van der Waals surface area contributed by atoms with E-state index in [-0.39, 0.29) is 10.6 Å². The standard InChI is InChI=1S/C15H18ClN3O2/c1-18-15(20)14(16)13(10-17-18)19(8-9-21-2)11-12-6-4-3-5-7-12/h3-7,10H,8-9,11H2,1-2H3. The fourth-order valence-electron chi connectivity index (χ4n) is 2.01. The van der Waals surface area contributed by atoms with Crippen LogP contribution in [0.25, 0.3) is 0 Å². The second kappa shape index (κ2) is 7.24. The van der Waals surface area contributed by atoms with Gasteiger partial charge in [-0.15, -0.1) is 0 Å². The van der Waals surface area contributed by atoms with Crippen molar-refractivity contribution < 1.29 is 4.74 Å². The summed E-state index contributed by atoms with van der Waals surface area (Å²) >= 11 is 6.18. The van der Waals surface area contributed by atoms with Gasteiger partial charge < -0.3 is 9.64 Å². The molecule has 6 heteroatoms.